The van der Waals surface area contributed by atoms with E-state index in [0.29, 0.717) is 13.2 Å². The molecule has 0 unspecified atom stereocenters. The number of thioether (sulfide) groups is 1. The van der Waals surface area contributed by atoms with Gasteiger partial charge in [-0.15, -0.1) is 0 Å². The first-order valence-electron chi connectivity index (χ1n) is 5.36. The molecule has 0 radical (unpaired) electrons. The average Bonchev–Trinajstić information content (AvgIpc) is 2.23. The molecule has 0 rings (SSSR count). The van der Waals surface area contributed by atoms with Gasteiger partial charge in [0.05, 0.1) is 12.4 Å². The van der Waals surface area contributed by atoms with E-state index in [1.165, 1.54) is 0 Å². The molecule has 0 spiro atoms. The van der Waals surface area contributed by atoms with E-state index < -0.39 is 10.0 Å². The molecule has 0 aromatic heterocycles. The predicted octanol–water partition coefficient (Wildman–Crippen LogP) is 0.0579. The third-order valence-electron chi connectivity index (χ3n) is 1.72. The minimum Gasteiger partial charge on any atom is -0.396 e. The highest BCUT2D eigenvalue weighted by molar-refractivity contribution is 7.99. The normalized spacial score (nSPS) is 11.9. The fraction of sp³-hybridized carbons (Fsp3) is 1.00. The summed E-state index contributed by atoms with van der Waals surface area (Å²) in [5.41, 5.74) is 0. The van der Waals surface area contributed by atoms with Crippen LogP contribution < -0.4 is 4.72 Å². The molecular weight excluding hydrogens is 250 g/mol. The van der Waals surface area contributed by atoms with Crippen molar-refractivity contribution in [3.8, 4) is 0 Å². The second-order valence-electron chi connectivity index (χ2n) is 3.10. The third kappa shape index (κ3) is 10.7. The zero-order valence-corrected chi connectivity index (χ0v) is 11.3. The quantitative estimate of drug-likeness (QED) is 0.520. The largest absolute Gasteiger partial charge is 0.396 e. The summed E-state index contributed by atoms with van der Waals surface area (Å²) < 4.78 is 30.2. The van der Waals surface area contributed by atoms with Gasteiger partial charge in [0.15, 0.2) is 0 Å². The Morgan fingerprint density at radius 1 is 1.38 bits per heavy atom. The van der Waals surface area contributed by atoms with Crippen LogP contribution in [-0.2, 0) is 14.8 Å². The molecule has 0 bridgehead atoms. The summed E-state index contributed by atoms with van der Waals surface area (Å²) in [5.74, 6) is 1.60. The Bertz CT molecular complexity index is 244. The third-order valence-corrected chi connectivity index (χ3v) is 4.13. The summed E-state index contributed by atoms with van der Waals surface area (Å²) in [6.07, 6.45) is 0.752. The van der Waals surface area contributed by atoms with Crippen molar-refractivity contribution in [1.82, 2.24) is 4.72 Å². The number of aliphatic hydroxyl groups is 1. The van der Waals surface area contributed by atoms with Gasteiger partial charge in [0, 0.05) is 25.5 Å². The van der Waals surface area contributed by atoms with Gasteiger partial charge in [-0.3, -0.25) is 0 Å². The van der Waals surface area contributed by atoms with E-state index in [4.69, 9.17) is 9.84 Å². The Labute approximate surface area is 102 Å². The van der Waals surface area contributed by atoms with Gasteiger partial charge in [0.25, 0.3) is 0 Å². The molecule has 2 N–H and O–H groups in total. The van der Waals surface area contributed by atoms with Gasteiger partial charge in [0.1, 0.15) is 0 Å². The van der Waals surface area contributed by atoms with E-state index >= 15 is 0 Å². The maximum Gasteiger partial charge on any atom is 0.213 e. The molecule has 0 saturated heterocycles. The van der Waals surface area contributed by atoms with Gasteiger partial charge in [-0.25, -0.2) is 13.1 Å². The number of hydrogen-bond donors (Lipinski definition) is 2. The van der Waals surface area contributed by atoms with Crippen LogP contribution in [0.4, 0.5) is 0 Å². The van der Waals surface area contributed by atoms with Crippen molar-refractivity contribution < 1.29 is 18.3 Å². The maximum atomic E-state index is 11.4. The van der Waals surface area contributed by atoms with Crippen molar-refractivity contribution in [1.29, 1.82) is 0 Å². The molecule has 0 saturated carbocycles. The van der Waals surface area contributed by atoms with Crippen LogP contribution in [0, 0.1) is 0 Å². The van der Waals surface area contributed by atoms with E-state index in [0.717, 1.165) is 17.9 Å². The zero-order valence-electron chi connectivity index (χ0n) is 9.65. The molecule has 0 aromatic carbocycles. The molecule has 0 aliphatic rings. The van der Waals surface area contributed by atoms with Crippen molar-refractivity contribution >= 4 is 21.8 Å². The van der Waals surface area contributed by atoms with Crippen LogP contribution in [-0.4, -0.2) is 57.1 Å². The molecule has 0 fully saturated rings. The molecule has 0 aliphatic carbocycles. The number of ether oxygens (including phenoxy) is 1. The van der Waals surface area contributed by atoms with Crippen molar-refractivity contribution in [3.05, 3.63) is 0 Å². The van der Waals surface area contributed by atoms with Gasteiger partial charge in [-0.2, -0.15) is 11.8 Å². The van der Waals surface area contributed by atoms with Gasteiger partial charge >= 0.3 is 0 Å². The Morgan fingerprint density at radius 3 is 2.75 bits per heavy atom. The van der Waals surface area contributed by atoms with Crippen molar-refractivity contribution in [2.24, 2.45) is 0 Å². The molecule has 5 nitrogen and oxygen atoms in total. The standard InChI is InChI=1S/C9H21NO4S2/c1-2-14-6-9-16(12,13)10-4-8-15-7-3-5-11/h10-11H,2-9H2,1H3. The molecular formula is C9H21NO4S2. The number of sulfonamides is 1. The van der Waals surface area contributed by atoms with Crippen molar-refractivity contribution in [2.75, 3.05) is 43.6 Å². The summed E-state index contributed by atoms with van der Waals surface area (Å²) in [4.78, 5) is 0. The van der Waals surface area contributed by atoms with Crippen LogP contribution in [0.2, 0.25) is 0 Å². The van der Waals surface area contributed by atoms with Crippen molar-refractivity contribution in [2.45, 2.75) is 13.3 Å². The summed E-state index contributed by atoms with van der Waals surface area (Å²) in [7, 11) is -3.18. The van der Waals surface area contributed by atoms with Gasteiger partial charge in [0.2, 0.25) is 10.0 Å². The molecule has 0 aliphatic heterocycles. The van der Waals surface area contributed by atoms with E-state index in [2.05, 4.69) is 4.72 Å². The summed E-state index contributed by atoms with van der Waals surface area (Å²) >= 11 is 1.63. The minimum atomic E-state index is -3.18. The molecule has 16 heavy (non-hydrogen) atoms. The summed E-state index contributed by atoms with van der Waals surface area (Å²) in [6, 6.07) is 0. The topological polar surface area (TPSA) is 75.6 Å². The monoisotopic (exact) mass is 271 g/mol. The molecule has 0 heterocycles. The number of aliphatic hydroxyl groups excluding tert-OH is 1. The second-order valence-corrected chi connectivity index (χ2v) is 6.25. The maximum absolute atomic E-state index is 11.4. The van der Waals surface area contributed by atoms with Crippen LogP contribution in [0.5, 0.6) is 0 Å². The van der Waals surface area contributed by atoms with Crippen LogP contribution >= 0.6 is 11.8 Å². The van der Waals surface area contributed by atoms with Gasteiger partial charge in [-0.05, 0) is 19.1 Å². The van der Waals surface area contributed by atoms with Crippen LogP contribution in [0.15, 0.2) is 0 Å². The zero-order chi connectivity index (χ0) is 12.3. The molecule has 0 aromatic rings. The lowest BCUT2D eigenvalue weighted by Gasteiger charge is -2.06. The smallest absolute Gasteiger partial charge is 0.213 e. The van der Waals surface area contributed by atoms with E-state index in [9.17, 15) is 8.42 Å². The lowest BCUT2D eigenvalue weighted by molar-refractivity contribution is 0.163. The first-order valence-corrected chi connectivity index (χ1v) is 8.16. The number of rotatable bonds is 11. The minimum absolute atomic E-state index is 0.0160. The Hall–Kier alpha value is 0.180. The van der Waals surface area contributed by atoms with Crippen molar-refractivity contribution in [3.63, 3.8) is 0 Å². The highest BCUT2D eigenvalue weighted by Crippen LogP contribution is 2.00. The van der Waals surface area contributed by atoms with E-state index in [1.54, 1.807) is 11.8 Å². The Balaban J connectivity index is 3.43. The second kappa shape index (κ2) is 10.3. The lowest BCUT2D eigenvalue weighted by atomic mass is 10.5. The SMILES string of the molecule is CCOCCS(=O)(=O)NCCSCCCO. The van der Waals surface area contributed by atoms with Crippen LogP contribution in [0.25, 0.3) is 0 Å². The fourth-order valence-electron chi connectivity index (χ4n) is 0.923. The molecule has 7 heteroatoms. The molecule has 0 atom stereocenters. The van der Waals surface area contributed by atoms with Gasteiger partial charge < -0.3 is 9.84 Å². The lowest BCUT2D eigenvalue weighted by Crippen LogP contribution is -2.30. The summed E-state index contributed by atoms with van der Waals surface area (Å²) in [5, 5.41) is 8.53. The highest BCUT2D eigenvalue weighted by atomic mass is 32.2. The molecule has 98 valence electrons. The Morgan fingerprint density at radius 2 is 2.12 bits per heavy atom. The fourth-order valence-corrected chi connectivity index (χ4v) is 2.73. The van der Waals surface area contributed by atoms with E-state index in [1.807, 2.05) is 6.92 Å². The first kappa shape index (κ1) is 16.2. The highest BCUT2D eigenvalue weighted by Gasteiger charge is 2.08. The summed E-state index contributed by atoms with van der Waals surface area (Å²) in [6.45, 7) is 3.23. The van der Waals surface area contributed by atoms with E-state index in [-0.39, 0.29) is 19.0 Å². The van der Waals surface area contributed by atoms with Crippen LogP contribution in [0.3, 0.4) is 0 Å². The number of hydrogen-bond acceptors (Lipinski definition) is 5. The van der Waals surface area contributed by atoms with Gasteiger partial charge in [-0.1, -0.05) is 0 Å². The number of nitrogens with one attached hydrogen (secondary N) is 1. The van der Waals surface area contributed by atoms with Crippen LogP contribution in [0.1, 0.15) is 13.3 Å². The molecule has 0 amide bonds. The Kier molecular flexibility index (Phi) is 10.5. The average molecular weight is 271 g/mol. The first-order chi connectivity index (χ1) is 7.62. The predicted molar refractivity (Wildman–Crippen MR) is 67.3 cm³/mol.